The van der Waals surface area contributed by atoms with E-state index in [-0.39, 0.29) is 17.4 Å². The van der Waals surface area contributed by atoms with Gasteiger partial charge < -0.3 is 10.3 Å². The van der Waals surface area contributed by atoms with Gasteiger partial charge in [0.1, 0.15) is 0 Å². The molecule has 3 aromatic carbocycles. The van der Waals surface area contributed by atoms with Crippen molar-refractivity contribution in [2.75, 3.05) is 6.54 Å². The van der Waals surface area contributed by atoms with Gasteiger partial charge in [-0.05, 0) is 39.8 Å². The lowest BCUT2D eigenvalue weighted by Gasteiger charge is -2.32. The number of halogens is 1. The number of fused-ring (bicyclic) bond motifs is 3. The minimum Gasteiger partial charge on any atom is -0.357 e. The molecule has 0 saturated carbocycles. The van der Waals surface area contributed by atoms with Crippen molar-refractivity contribution >= 4 is 22.5 Å². The molecule has 2 unspecified atom stereocenters. The molecule has 30 heavy (non-hydrogen) atoms. The first-order valence-corrected chi connectivity index (χ1v) is 11.0. The van der Waals surface area contributed by atoms with Crippen LogP contribution in [0, 0.1) is 0 Å². The maximum Gasteiger partial charge on any atom is 0.0732 e. The molecule has 1 aromatic heterocycles. The first kappa shape index (κ1) is 19.4. The summed E-state index contributed by atoms with van der Waals surface area (Å²) in [5.74, 6) is 0.218. The lowest BCUT2D eigenvalue weighted by atomic mass is 9.82. The molecule has 0 aliphatic carbocycles. The van der Waals surface area contributed by atoms with Crippen LogP contribution in [-0.2, 0) is 5.41 Å². The number of aromatic nitrogens is 1. The molecule has 1 aliphatic rings. The first-order chi connectivity index (χ1) is 14.4. The highest BCUT2D eigenvalue weighted by atomic mass is 35.5. The van der Waals surface area contributed by atoms with Gasteiger partial charge in [0.05, 0.1) is 6.04 Å². The van der Waals surface area contributed by atoms with E-state index in [4.69, 9.17) is 11.6 Å². The second kappa shape index (κ2) is 7.30. The summed E-state index contributed by atoms with van der Waals surface area (Å²) in [4.78, 5) is 3.72. The van der Waals surface area contributed by atoms with Gasteiger partial charge in [-0.3, -0.25) is 0 Å². The van der Waals surface area contributed by atoms with Crippen LogP contribution in [0.1, 0.15) is 60.7 Å². The van der Waals surface area contributed by atoms with Crippen LogP contribution in [0.25, 0.3) is 10.9 Å². The Bertz CT molecular complexity index is 1200. The van der Waals surface area contributed by atoms with Crippen LogP contribution in [-0.4, -0.2) is 11.5 Å². The monoisotopic (exact) mass is 414 g/mol. The molecule has 3 heteroatoms. The Kier molecular flexibility index (Phi) is 4.72. The summed E-state index contributed by atoms with van der Waals surface area (Å²) >= 11 is 6.62. The number of benzene rings is 3. The van der Waals surface area contributed by atoms with Gasteiger partial charge in [0, 0.05) is 34.1 Å². The summed E-state index contributed by atoms with van der Waals surface area (Å²) in [6.45, 7) is 7.62. The molecule has 152 valence electrons. The predicted molar refractivity (Wildman–Crippen MR) is 127 cm³/mol. The molecule has 4 aromatic rings. The molecular weight excluding hydrogens is 388 g/mol. The van der Waals surface area contributed by atoms with E-state index < -0.39 is 0 Å². The van der Waals surface area contributed by atoms with Crippen molar-refractivity contribution in [3.05, 3.63) is 106 Å². The fraction of sp³-hybridized carbons (Fsp3) is 0.259. The number of aromatic amines is 1. The Morgan fingerprint density at radius 3 is 2.30 bits per heavy atom. The summed E-state index contributed by atoms with van der Waals surface area (Å²) < 4.78 is 0. The maximum absolute atomic E-state index is 6.62. The zero-order chi connectivity index (χ0) is 20.9. The zero-order valence-electron chi connectivity index (χ0n) is 17.7. The van der Waals surface area contributed by atoms with Crippen molar-refractivity contribution in [2.45, 2.75) is 38.1 Å². The molecule has 0 bridgehead atoms. The van der Waals surface area contributed by atoms with E-state index in [1.807, 2.05) is 12.1 Å². The molecular formula is C27H27ClN2. The van der Waals surface area contributed by atoms with Gasteiger partial charge in [0.25, 0.3) is 0 Å². The summed E-state index contributed by atoms with van der Waals surface area (Å²) in [6.07, 6.45) is 0. The SMILES string of the molecule is CC(C)(C)c1ccc(C2NCC(c3ccccc3Cl)c3c2[nH]c2ccccc32)cc1. The van der Waals surface area contributed by atoms with E-state index in [1.54, 1.807) is 0 Å². The highest BCUT2D eigenvalue weighted by Crippen LogP contribution is 2.43. The predicted octanol–water partition coefficient (Wildman–Crippen LogP) is 6.94. The fourth-order valence-corrected chi connectivity index (χ4v) is 4.98. The van der Waals surface area contributed by atoms with E-state index in [2.05, 4.69) is 91.7 Å². The molecule has 2 N–H and O–H groups in total. The Balaban J connectivity index is 1.65. The average Bonchev–Trinajstić information content (AvgIpc) is 3.13. The van der Waals surface area contributed by atoms with Crippen molar-refractivity contribution in [1.29, 1.82) is 0 Å². The number of H-pyrrole nitrogens is 1. The van der Waals surface area contributed by atoms with Gasteiger partial charge in [0.15, 0.2) is 0 Å². The van der Waals surface area contributed by atoms with Crippen LogP contribution < -0.4 is 5.32 Å². The highest BCUT2D eigenvalue weighted by molar-refractivity contribution is 6.31. The number of hydrogen-bond donors (Lipinski definition) is 2. The van der Waals surface area contributed by atoms with Crippen molar-refractivity contribution in [3.63, 3.8) is 0 Å². The summed E-state index contributed by atoms with van der Waals surface area (Å²) in [5, 5.41) is 5.91. The molecule has 0 fully saturated rings. The normalized spacial score (nSPS) is 19.1. The van der Waals surface area contributed by atoms with Crippen LogP contribution in [0.2, 0.25) is 5.02 Å². The third kappa shape index (κ3) is 3.25. The molecule has 2 atom stereocenters. The lowest BCUT2D eigenvalue weighted by Crippen LogP contribution is -2.34. The third-order valence-electron chi connectivity index (χ3n) is 6.33. The standard InChI is InChI=1S/C27H27ClN2/c1-27(2,3)18-14-12-17(13-15-18)25-26-24(20-9-5-7-11-23(20)30-26)21(16-29-25)19-8-4-6-10-22(19)28/h4-15,21,25,29-30H,16H2,1-3H3. The van der Waals surface area contributed by atoms with Crippen LogP contribution in [0.3, 0.4) is 0 Å². The van der Waals surface area contributed by atoms with Crippen molar-refractivity contribution < 1.29 is 0 Å². The Labute approximate surface area is 183 Å². The van der Waals surface area contributed by atoms with E-state index >= 15 is 0 Å². The molecule has 1 aliphatic heterocycles. The van der Waals surface area contributed by atoms with Gasteiger partial charge in [-0.2, -0.15) is 0 Å². The molecule has 0 spiro atoms. The Morgan fingerprint density at radius 2 is 1.57 bits per heavy atom. The van der Waals surface area contributed by atoms with Gasteiger partial charge >= 0.3 is 0 Å². The van der Waals surface area contributed by atoms with Gasteiger partial charge in [-0.1, -0.05) is 93.0 Å². The summed E-state index contributed by atoms with van der Waals surface area (Å²) in [7, 11) is 0. The van der Waals surface area contributed by atoms with E-state index in [1.165, 1.54) is 38.9 Å². The summed E-state index contributed by atoms with van der Waals surface area (Å²) in [6, 6.07) is 26.0. The zero-order valence-corrected chi connectivity index (χ0v) is 18.4. The number of para-hydroxylation sites is 1. The number of nitrogens with one attached hydrogen (secondary N) is 2. The van der Waals surface area contributed by atoms with Crippen molar-refractivity contribution in [1.82, 2.24) is 10.3 Å². The largest absolute Gasteiger partial charge is 0.357 e. The smallest absolute Gasteiger partial charge is 0.0732 e. The average molecular weight is 415 g/mol. The van der Waals surface area contributed by atoms with Crippen molar-refractivity contribution in [3.8, 4) is 0 Å². The van der Waals surface area contributed by atoms with Crippen LogP contribution in [0.5, 0.6) is 0 Å². The number of rotatable bonds is 2. The Hall–Kier alpha value is -2.55. The molecule has 5 rings (SSSR count). The van der Waals surface area contributed by atoms with Gasteiger partial charge in [-0.15, -0.1) is 0 Å². The summed E-state index contributed by atoms with van der Waals surface area (Å²) in [5.41, 5.74) is 7.76. The number of hydrogen-bond acceptors (Lipinski definition) is 1. The molecule has 0 amide bonds. The molecule has 2 heterocycles. The minimum atomic E-state index is 0.139. The fourth-order valence-electron chi connectivity index (χ4n) is 4.71. The quantitative estimate of drug-likeness (QED) is 0.365. The molecule has 0 radical (unpaired) electrons. The second-order valence-corrected chi connectivity index (χ2v) is 9.69. The van der Waals surface area contributed by atoms with E-state index in [0.717, 1.165) is 11.6 Å². The second-order valence-electron chi connectivity index (χ2n) is 9.29. The third-order valence-corrected chi connectivity index (χ3v) is 6.67. The maximum atomic E-state index is 6.62. The first-order valence-electron chi connectivity index (χ1n) is 10.6. The lowest BCUT2D eigenvalue weighted by molar-refractivity contribution is 0.524. The topological polar surface area (TPSA) is 27.8 Å². The molecule has 2 nitrogen and oxygen atoms in total. The minimum absolute atomic E-state index is 0.139. The van der Waals surface area contributed by atoms with E-state index in [0.29, 0.717) is 0 Å². The van der Waals surface area contributed by atoms with Gasteiger partial charge in [0.2, 0.25) is 0 Å². The van der Waals surface area contributed by atoms with Crippen LogP contribution in [0.4, 0.5) is 0 Å². The Morgan fingerprint density at radius 1 is 0.867 bits per heavy atom. The van der Waals surface area contributed by atoms with Gasteiger partial charge in [-0.25, -0.2) is 0 Å². The van der Waals surface area contributed by atoms with E-state index in [9.17, 15) is 0 Å². The highest BCUT2D eigenvalue weighted by Gasteiger charge is 2.33. The van der Waals surface area contributed by atoms with Crippen LogP contribution in [0.15, 0.2) is 72.8 Å². The van der Waals surface area contributed by atoms with Crippen LogP contribution >= 0.6 is 11.6 Å². The molecule has 0 saturated heterocycles. The van der Waals surface area contributed by atoms with Crippen molar-refractivity contribution in [2.24, 2.45) is 0 Å².